The second-order valence-corrected chi connectivity index (χ2v) is 9.67. The van der Waals surface area contributed by atoms with E-state index in [9.17, 15) is 23.7 Å². The molecule has 0 saturated carbocycles. The number of aromatic nitrogens is 1. The zero-order chi connectivity index (χ0) is 25.3. The molecule has 0 aliphatic carbocycles. The highest BCUT2D eigenvalue weighted by Crippen LogP contribution is 2.28. The number of nitrogens with one attached hydrogen (secondary N) is 2. The number of anilines is 1. The van der Waals surface area contributed by atoms with Gasteiger partial charge in [-0.15, -0.1) is 0 Å². The van der Waals surface area contributed by atoms with Gasteiger partial charge in [0.2, 0.25) is 15.9 Å². The van der Waals surface area contributed by atoms with E-state index in [-0.39, 0.29) is 43.0 Å². The Morgan fingerprint density at radius 1 is 1.06 bits per heavy atom. The van der Waals surface area contributed by atoms with Crippen molar-refractivity contribution in [2.45, 2.75) is 18.6 Å². The number of hydrogen-bond acceptors (Lipinski definition) is 9. The lowest BCUT2D eigenvalue weighted by atomic mass is 10.1. The van der Waals surface area contributed by atoms with Gasteiger partial charge in [-0.25, -0.2) is 13.4 Å². The maximum atomic E-state index is 11.4. The monoisotopic (exact) mass is 503 g/mol. The van der Waals surface area contributed by atoms with Gasteiger partial charge in [0.15, 0.2) is 0 Å². The number of aromatic hydroxyl groups is 1. The summed E-state index contributed by atoms with van der Waals surface area (Å²) in [5.41, 5.74) is 0.958. The van der Waals surface area contributed by atoms with Crippen LogP contribution in [0.1, 0.15) is 5.56 Å². The van der Waals surface area contributed by atoms with Gasteiger partial charge in [0.25, 0.3) is 0 Å². The average molecular weight is 504 g/mol. The smallest absolute Gasteiger partial charge is 0.229 e. The molecule has 2 atom stereocenters. The molecule has 0 fully saturated rings. The number of aliphatic hydroxyl groups excluding tert-OH is 2. The van der Waals surface area contributed by atoms with E-state index in [0.717, 1.165) is 11.8 Å². The number of nitrogens with zero attached hydrogens (tertiary/aromatic N) is 1. The van der Waals surface area contributed by atoms with Crippen molar-refractivity contribution in [1.82, 2.24) is 10.3 Å². The van der Waals surface area contributed by atoms with Crippen LogP contribution in [0.2, 0.25) is 0 Å². The summed E-state index contributed by atoms with van der Waals surface area (Å²) in [5.74, 6) is 1.19. The molecule has 35 heavy (non-hydrogen) atoms. The number of pyridine rings is 1. The third-order valence-corrected chi connectivity index (χ3v) is 5.42. The zero-order valence-corrected chi connectivity index (χ0v) is 20.0. The van der Waals surface area contributed by atoms with E-state index in [4.69, 9.17) is 9.47 Å². The Morgan fingerprint density at radius 3 is 2.46 bits per heavy atom. The van der Waals surface area contributed by atoms with Crippen LogP contribution in [-0.4, -0.2) is 66.9 Å². The molecule has 0 unspecified atom stereocenters. The first-order valence-corrected chi connectivity index (χ1v) is 12.7. The third kappa shape index (κ3) is 9.06. The Hall–Kier alpha value is -3.38. The molecule has 1 heterocycles. The summed E-state index contributed by atoms with van der Waals surface area (Å²) in [6.07, 6.45) is 2.26. The van der Waals surface area contributed by atoms with Crippen molar-refractivity contribution in [3.05, 3.63) is 72.4 Å². The molecular formula is C24H29N3O7S. The Kier molecular flexibility index (Phi) is 9.26. The minimum Gasteiger partial charge on any atom is -0.506 e. The molecule has 3 aromatic rings. The number of aliphatic hydroxyl groups is 2. The van der Waals surface area contributed by atoms with Crippen molar-refractivity contribution in [1.29, 1.82) is 0 Å². The first-order chi connectivity index (χ1) is 16.7. The number of rotatable bonds is 13. The Labute approximate surface area is 204 Å². The molecule has 0 saturated heterocycles. The number of ether oxygens (including phenoxy) is 2. The molecule has 0 aliphatic rings. The molecule has 0 amide bonds. The normalized spacial score (nSPS) is 13.1. The fourth-order valence-electron chi connectivity index (χ4n) is 3.15. The molecular weight excluding hydrogens is 474 g/mol. The second kappa shape index (κ2) is 12.4. The van der Waals surface area contributed by atoms with Crippen LogP contribution in [0.3, 0.4) is 0 Å². The van der Waals surface area contributed by atoms with E-state index in [1.54, 1.807) is 12.3 Å². The molecule has 3 rings (SSSR count). The van der Waals surface area contributed by atoms with Crippen LogP contribution >= 0.6 is 0 Å². The first kappa shape index (κ1) is 26.2. The van der Waals surface area contributed by atoms with Gasteiger partial charge < -0.3 is 30.1 Å². The predicted molar refractivity (Wildman–Crippen MR) is 131 cm³/mol. The maximum Gasteiger partial charge on any atom is 0.229 e. The van der Waals surface area contributed by atoms with Crippen molar-refractivity contribution in [3.8, 4) is 23.1 Å². The third-order valence-electron chi connectivity index (χ3n) is 4.83. The van der Waals surface area contributed by atoms with Crippen LogP contribution in [-0.2, 0) is 16.4 Å². The summed E-state index contributed by atoms with van der Waals surface area (Å²) in [4.78, 5) is 4.12. The molecule has 0 spiro atoms. The van der Waals surface area contributed by atoms with Crippen molar-refractivity contribution in [2.24, 2.45) is 0 Å². The van der Waals surface area contributed by atoms with E-state index in [1.807, 2.05) is 36.4 Å². The lowest BCUT2D eigenvalue weighted by Crippen LogP contribution is -2.41. The molecule has 10 nitrogen and oxygen atoms in total. The van der Waals surface area contributed by atoms with Gasteiger partial charge in [-0.05, 0) is 42.3 Å². The van der Waals surface area contributed by atoms with Crippen LogP contribution in [0.25, 0.3) is 0 Å². The Morgan fingerprint density at radius 2 is 1.80 bits per heavy atom. The topological polar surface area (TPSA) is 150 Å². The first-order valence-electron chi connectivity index (χ1n) is 10.9. The summed E-state index contributed by atoms with van der Waals surface area (Å²) >= 11 is 0. The van der Waals surface area contributed by atoms with E-state index in [0.29, 0.717) is 18.1 Å². The zero-order valence-electron chi connectivity index (χ0n) is 19.2. The van der Waals surface area contributed by atoms with Crippen LogP contribution < -0.4 is 19.5 Å². The summed E-state index contributed by atoms with van der Waals surface area (Å²) in [6.45, 7) is -0.0370. The number of phenolic OH excluding ortho intramolecular Hbond substituents is 1. The minimum absolute atomic E-state index is 0.0191. The van der Waals surface area contributed by atoms with Gasteiger partial charge in [0.1, 0.15) is 30.0 Å². The standard InChI is InChI=1S/C24H29N3O7S/c1-35(31,32)27-22-13-21(9-10-23(22)30)33-16-19(29)14-26-18(15-28)12-17-5-7-20(8-6-17)34-24-4-2-3-11-25-24/h2-11,13,18-19,26-30H,12,14-16H2,1H3/t18-,19-/m0/s1. The molecule has 188 valence electrons. The SMILES string of the molecule is CS(=O)(=O)Nc1cc(OC[C@@H](O)CN[C@H](CO)Cc2ccc(Oc3ccccn3)cc2)ccc1O. The van der Waals surface area contributed by atoms with Crippen molar-refractivity contribution >= 4 is 15.7 Å². The maximum absolute atomic E-state index is 11.4. The summed E-state index contributed by atoms with van der Waals surface area (Å²) < 4.78 is 36.2. The molecule has 0 aliphatic heterocycles. The van der Waals surface area contributed by atoms with E-state index in [2.05, 4.69) is 15.0 Å². The number of phenols is 1. The van der Waals surface area contributed by atoms with Crippen LogP contribution in [0, 0.1) is 0 Å². The van der Waals surface area contributed by atoms with Crippen molar-refractivity contribution in [2.75, 3.05) is 30.7 Å². The van der Waals surface area contributed by atoms with Crippen molar-refractivity contribution < 1.29 is 33.2 Å². The highest BCUT2D eigenvalue weighted by atomic mass is 32.2. The average Bonchev–Trinajstić information content (AvgIpc) is 2.83. The van der Waals surface area contributed by atoms with Crippen LogP contribution in [0.5, 0.6) is 23.1 Å². The molecule has 0 radical (unpaired) electrons. The van der Waals surface area contributed by atoms with Gasteiger partial charge in [0.05, 0.1) is 18.6 Å². The molecule has 1 aromatic heterocycles. The fraction of sp³-hybridized carbons (Fsp3) is 0.292. The quantitative estimate of drug-likeness (QED) is 0.220. The van der Waals surface area contributed by atoms with E-state index < -0.39 is 16.1 Å². The van der Waals surface area contributed by atoms with E-state index in [1.165, 1.54) is 18.2 Å². The summed E-state index contributed by atoms with van der Waals surface area (Å²) in [6, 6.07) is 16.7. The Bertz CT molecular complexity index is 1180. The molecule has 0 bridgehead atoms. The Balaban J connectivity index is 1.45. The van der Waals surface area contributed by atoms with Crippen LogP contribution in [0.15, 0.2) is 66.9 Å². The number of benzene rings is 2. The minimum atomic E-state index is -3.57. The van der Waals surface area contributed by atoms with Gasteiger partial charge in [0, 0.05) is 30.9 Å². The van der Waals surface area contributed by atoms with Gasteiger partial charge in [-0.2, -0.15) is 0 Å². The molecule has 5 N–H and O–H groups in total. The van der Waals surface area contributed by atoms with Gasteiger partial charge in [-0.3, -0.25) is 4.72 Å². The lowest BCUT2D eigenvalue weighted by molar-refractivity contribution is 0.0997. The van der Waals surface area contributed by atoms with Crippen molar-refractivity contribution in [3.63, 3.8) is 0 Å². The highest BCUT2D eigenvalue weighted by Gasteiger charge is 2.13. The highest BCUT2D eigenvalue weighted by molar-refractivity contribution is 7.92. The molecule has 2 aromatic carbocycles. The second-order valence-electron chi connectivity index (χ2n) is 7.92. The summed E-state index contributed by atoms with van der Waals surface area (Å²) in [5, 5.41) is 32.9. The lowest BCUT2D eigenvalue weighted by Gasteiger charge is -2.20. The molecule has 11 heteroatoms. The number of sulfonamides is 1. The van der Waals surface area contributed by atoms with Gasteiger partial charge in [-0.1, -0.05) is 18.2 Å². The fourth-order valence-corrected chi connectivity index (χ4v) is 3.71. The number of hydrogen-bond donors (Lipinski definition) is 5. The van der Waals surface area contributed by atoms with Gasteiger partial charge >= 0.3 is 0 Å². The van der Waals surface area contributed by atoms with E-state index >= 15 is 0 Å². The van der Waals surface area contributed by atoms with Crippen LogP contribution in [0.4, 0.5) is 5.69 Å². The predicted octanol–water partition coefficient (Wildman–Crippen LogP) is 1.88. The largest absolute Gasteiger partial charge is 0.506 e. The summed E-state index contributed by atoms with van der Waals surface area (Å²) in [7, 11) is -3.57.